The van der Waals surface area contributed by atoms with Gasteiger partial charge in [-0.05, 0) is 30.5 Å². The number of imidazole rings is 1. The van der Waals surface area contributed by atoms with Gasteiger partial charge in [-0.15, -0.1) is 0 Å². The molecule has 1 aliphatic heterocycles. The molecule has 2 heterocycles. The van der Waals surface area contributed by atoms with E-state index in [9.17, 15) is 9.59 Å². The monoisotopic (exact) mass is 361 g/mol. The number of benzene rings is 2. The number of carbonyl (C=O) groups is 2. The minimum absolute atomic E-state index is 0.0513. The summed E-state index contributed by atoms with van der Waals surface area (Å²) in [6, 6.07) is 17.6. The third-order valence-electron chi connectivity index (χ3n) is 5.28. The van der Waals surface area contributed by atoms with Crippen molar-refractivity contribution in [1.82, 2.24) is 14.5 Å². The zero-order chi connectivity index (χ0) is 18.6. The van der Waals surface area contributed by atoms with Gasteiger partial charge in [0.2, 0.25) is 5.91 Å². The summed E-state index contributed by atoms with van der Waals surface area (Å²) in [5, 5.41) is 0. The lowest BCUT2D eigenvalue weighted by Crippen LogP contribution is -2.43. The fourth-order valence-electron chi connectivity index (χ4n) is 3.79. The highest BCUT2D eigenvalue weighted by Gasteiger charge is 2.28. The Morgan fingerprint density at radius 1 is 1.04 bits per heavy atom. The number of fused-ring (bicyclic) bond motifs is 1. The van der Waals surface area contributed by atoms with E-state index in [1.54, 1.807) is 6.33 Å². The number of aromatic nitrogens is 2. The van der Waals surface area contributed by atoms with E-state index in [-0.39, 0.29) is 24.2 Å². The Morgan fingerprint density at radius 3 is 2.67 bits per heavy atom. The number of rotatable bonds is 5. The molecule has 1 aromatic heterocycles. The number of nitrogens with zero attached hydrogens (tertiary/aromatic N) is 3. The smallest absolute Gasteiger partial charge is 0.242 e. The molecule has 27 heavy (non-hydrogen) atoms. The van der Waals surface area contributed by atoms with Gasteiger partial charge in [0.25, 0.3) is 0 Å². The van der Waals surface area contributed by atoms with Crippen LogP contribution in [0.3, 0.4) is 0 Å². The van der Waals surface area contributed by atoms with Crippen molar-refractivity contribution < 1.29 is 9.59 Å². The van der Waals surface area contributed by atoms with Crippen LogP contribution in [0, 0.1) is 5.92 Å². The van der Waals surface area contributed by atoms with Gasteiger partial charge < -0.3 is 9.47 Å². The molecule has 0 spiro atoms. The third kappa shape index (κ3) is 3.92. The molecule has 0 saturated carbocycles. The van der Waals surface area contributed by atoms with Crippen LogP contribution >= 0.6 is 0 Å². The summed E-state index contributed by atoms with van der Waals surface area (Å²) in [4.78, 5) is 31.7. The van der Waals surface area contributed by atoms with Crippen LogP contribution in [0.5, 0.6) is 0 Å². The number of hydrogen-bond donors (Lipinski definition) is 0. The summed E-state index contributed by atoms with van der Waals surface area (Å²) >= 11 is 0. The predicted molar refractivity (Wildman–Crippen MR) is 104 cm³/mol. The first-order valence-electron chi connectivity index (χ1n) is 9.45. The number of hydrogen-bond acceptors (Lipinski definition) is 3. The number of piperidine rings is 1. The average molecular weight is 361 g/mol. The van der Waals surface area contributed by atoms with Crippen molar-refractivity contribution >= 4 is 22.7 Å². The fraction of sp³-hybridized carbons (Fsp3) is 0.318. The van der Waals surface area contributed by atoms with Gasteiger partial charge in [-0.3, -0.25) is 9.59 Å². The van der Waals surface area contributed by atoms with Crippen molar-refractivity contribution in [3.05, 3.63) is 66.5 Å². The largest absolute Gasteiger partial charge is 0.340 e. The predicted octanol–water partition coefficient (Wildman–Crippen LogP) is 3.09. The van der Waals surface area contributed by atoms with Crippen LogP contribution in [-0.4, -0.2) is 39.2 Å². The second-order valence-corrected chi connectivity index (χ2v) is 7.17. The Balaban J connectivity index is 1.40. The number of amides is 1. The summed E-state index contributed by atoms with van der Waals surface area (Å²) in [5.74, 6) is 0.213. The van der Waals surface area contributed by atoms with Gasteiger partial charge in [0.05, 0.1) is 17.4 Å². The van der Waals surface area contributed by atoms with Crippen LogP contribution in [0.4, 0.5) is 0 Å². The quantitative estimate of drug-likeness (QED) is 0.702. The molecule has 0 unspecified atom stereocenters. The molecule has 3 aromatic rings. The Bertz CT molecular complexity index is 948. The van der Waals surface area contributed by atoms with E-state index in [1.807, 2.05) is 64.1 Å². The second-order valence-electron chi connectivity index (χ2n) is 7.17. The Morgan fingerprint density at radius 2 is 1.81 bits per heavy atom. The van der Waals surface area contributed by atoms with Crippen molar-refractivity contribution in [3.63, 3.8) is 0 Å². The highest BCUT2D eigenvalue weighted by Crippen LogP contribution is 2.20. The Labute approximate surface area is 158 Å². The summed E-state index contributed by atoms with van der Waals surface area (Å²) in [7, 11) is 0. The first kappa shape index (κ1) is 17.5. The molecule has 2 aromatic carbocycles. The van der Waals surface area contributed by atoms with Crippen molar-refractivity contribution in [2.45, 2.75) is 25.8 Å². The molecule has 0 radical (unpaired) electrons. The molecule has 1 aliphatic rings. The lowest BCUT2D eigenvalue weighted by Gasteiger charge is -2.32. The van der Waals surface area contributed by atoms with Crippen molar-refractivity contribution in [3.8, 4) is 0 Å². The van der Waals surface area contributed by atoms with Crippen LogP contribution in [0.2, 0.25) is 0 Å². The first-order chi connectivity index (χ1) is 13.2. The summed E-state index contributed by atoms with van der Waals surface area (Å²) in [6.07, 6.45) is 3.90. The number of likely N-dealkylation sites (tertiary alicyclic amines) is 1. The number of para-hydroxylation sites is 2. The van der Waals surface area contributed by atoms with Crippen molar-refractivity contribution in [2.75, 3.05) is 13.1 Å². The zero-order valence-corrected chi connectivity index (χ0v) is 15.3. The van der Waals surface area contributed by atoms with E-state index in [1.165, 1.54) is 0 Å². The van der Waals surface area contributed by atoms with E-state index < -0.39 is 0 Å². The maximum atomic E-state index is 12.8. The molecular weight excluding hydrogens is 338 g/mol. The summed E-state index contributed by atoms with van der Waals surface area (Å²) < 4.78 is 1.88. The maximum absolute atomic E-state index is 12.8. The van der Waals surface area contributed by atoms with E-state index in [0.717, 1.165) is 36.0 Å². The number of carbonyl (C=O) groups excluding carboxylic acids is 2. The Hall–Kier alpha value is -2.95. The van der Waals surface area contributed by atoms with Crippen molar-refractivity contribution in [2.24, 2.45) is 5.92 Å². The lowest BCUT2D eigenvalue weighted by atomic mass is 9.90. The van der Waals surface area contributed by atoms with Gasteiger partial charge >= 0.3 is 0 Å². The zero-order valence-electron chi connectivity index (χ0n) is 15.3. The topological polar surface area (TPSA) is 55.2 Å². The maximum Gasteiger partial charge on any atom is 0.242 e. The van der Waals surface area contributed by atoms with Crippen molar-refractivity contribution in [1.29, 1.82) is 0 Å². The molecule has 1 saturated heterocycles. The minimum atomic E-state index is -0.0672. The SMILES string of the molecule is O=C(Cc1ccccc1)[C@@H]1CCCN(C(=O)Cn2cnc3ccccc32)C1. The third-order valence-corrected chi connectivity index (χ3v) is 5.28. The molecule has 138 valence electrons. The van der Waals surface area contributed by atoms with E-state index >= 15 is 0 Å². The van der Waals surface area contributed by atoms with Crippen LogP contribution < -0.4 is 0 Å². The molecule has 0 bridgehead atoms. The molecule has 1 fully saturated rings. The van der Waals surface area contributed by atoms with E-state index in [0.29, 0.717) is 13.0 Å². The van der Waals surface area contributed by atoms with E-state index in [2.05, 4.69) is 4.98 Å². The van der Waals surface area contributed by atoms with Gasteiger partial charge in [0.1, 0.15) is 12.3 Å². The molecule has 0 aliphatic carbocycles. The lowest BCUT2D eigenvalue weighted by molar-refractivity contribution is -0.135. The fourth-order valence-corrected chi connectivity index (χ4v) is 3.79. The summed E-state index contributed by atoms with van der Waals surface area (Å²) in [6.45, 7) is 1.51. The highest BCUT2D eigenvalue weighted by molar-refractivity contribution is 5.85. The molecule has 5 nitrogen and oxygen atoms in total. The normalized spacial score (nSPS) is 17.2. The molecule has 1 amide bonds. The highest BCUT2D eigenvalue weighted by atomic mass is 16.2. The molecule has 4 rings (SSSR count). The molecule has 0 N–H and O–H groups in total. The first-order valence-corrected chi connectivity index (χ1v) is 9.45. The van der Waals surface area contributed by atoms with Gasteiger partial charge in [-0.1, -0.05) is 42.5 Å². The van der Waals surface area contributed by atoms with E-state index in [4.69, 9.17) is 0 Å². The van der Waals surface area contributed by atoms with Gasteiger partial charge in [-0.2, -0.15) is 0 Å². The van der Waals surface area contributed by atoms with Crippen LogP contribution in [0.1, 0.15) is 18.4 Å². The molecule has 1 atom stereocenters. The second kappa shape index (κ2) is 7.74. The number of ketones is 1. The Kier molecular flexibility index (Phi) is 5.01. The van der Waals surface area contributed by atoms with Gasteiger partial charge in [0.15, 0.2) is 0 Å². The number of Topliss-reactive ketones (excluding diaryl/α,β-unsaturated/α-hetero) is 1. The average Bonchev–Trinajstić information content (AvgIpc) is 3.12. The minimum Gasteiger partial charge on any atom is -0.340 e. The molecular formula is C22H23N3O2. The van der Waals surface area contributed by atoms with Crippen LogP contribution in [0.25, 0.3) is 11.0 Å². The summed E-state index contributed by atoms with van der Waals surface area (Å²) in [5.41, 5.74) is 2.88. The standard InChI is InChI=1S/C22H23N3O2/c26-21(13-17-7-2-1-3-8-17)18-9-6-12-24(14-18)22(27)15-25-16-23-19-10-4-5-11-20(19)25/h1-5,7-8,10-11,16,18H,6,9,12-15H2/t18-/m1/s1. The van der Waals surface area contributed by atoms with Crippen LogP contribution in [0.15, 0.2) is 60.9 Å². The molecule has 5 heteroatoms. The van der Waals surface area contributed by atoms with Crippen LogP contribution in [-0.2, 0) is 22.6 Å². The van der Waals surface area contributed by atoms with Gasteiger partial charge in [-0.25, -0.2) is 4.98 Å². The van der Waals surface area contributed by atoms with Gasteiger partial charge in [0, 0.05) is 25.4 Å².